The lowest BCUT2D eigenvalue weighted by Crippen LogP contribution is -1.97. The maximum atomic E-state index is 3.80. The second-order valence-electron chi connectivity index (χ2n) is 4.39. The Labute approximate surface area is 133 Å². The summed E-state index contributed by atoms with van der Waals surface area (Å²) in [6.45, 7) is 4.28. The average molecular weight is 433 g/mol. The van der Waals surface area contributed by atoms with Crippen LogP contribution in [0.3, 0.4) is 0 Å². The van der Waals surface area contributed by atoms with E-state index in [1.165, 1.54) is 22.3 Å². The first kappa shape index (κ1) is 14.3. The van der Waals surface area contributed by atoms with Crippen LogP contribution in [0, 0.1) is 13.8 Å². The molecule has 0 heterocycles. The van der Waals surface area contributed by atoms with Crippen LogP contribution in [-0.2, 0) is 0 Å². The van der Waals surface area contributed by atoms with Crippen molar-refractivity contribution in [3.63, 3.8) is 0 Å². The molecule has 94 valence electrons. The van der Waals surface area contributed by atoms with Gasteiger partial charge in [0, 0.05) is 8.95 Å². The van der Waals surface area contributed by atoms with E-state index in [1.807, 2.05) is 0 Å². The van der Waals surface area contributed by atoms with Gasteiger partial charge in [-0.15, -0.1) is 0 Å². The Bertz CT molecular complexity index is 524. The number of alkyl halides is 1. The van der Waals surface area contributed by atoms with E-state index in [0.717, 1.165) is 8.95 Å². The van der Waals surface area contributed by atoms with Gasteiger partial charge in [0.1, 0.15) is 0 Å². The summed E-state index contributed by atoms with van der Waals surface area (Å²) in [5, 5.41) is 0. The molecule has 0 aromatic heterocycles. The Morgan fingerprint density at radius 1 is 0.889 bits per heavy atom. The summed E-state index contributed by atoms with van der Waals surface area (Å²) in [5.74, 6) is 0. The maximum absolute atomic E-state index is 3.80. The highest BCUT2D eigenvalue weighted by Crippen LogP contribution is 2.37. The van der Waals surface area contributed by atoms with Gasteiger partial charge >= 0.3 is 0 Å². The SMILES string of the molecule is Cc1ccc(C(Br)c2ccc(Br)cc2Br)c(C)c1. The number of halogens is 3. The van der Waals surface area contributed by atoms with E-state index in [-0.39, 0.29) is 4.83 Å². The van der Waals surface area contributed by atoms with Gasteiger partial charge in [0.15, 0.2) is 0 Å². The molecule has 0 nitrogen and oxygen atoms in total. The average Bonchev–Trinajstić information content (AvgIpc) is 2.28. The Kier molecular flexibility index (Phi) is 4.68. The van der Waals surface area contributed by atoms with Crippen molar-refractivity contribution in [3.8, 4) is 0 Å². The minimum absolute atomic E-state index is 0.209. The van der Waals surface area contributed by atoms with Gasteiger partial charge in [-0.05, 0) is 42.7 Å². The van der Waals surface area contributed by atoms with Crippen LogP contribution >= 0.6 is 47.8 Å². The van der Waals surface area contributed by atoms with Crippen LogP contribution in [0.15, 0.2) is 45.3 Å². The number of aryl methyl sites for hydroxylation is 2. The van der Waals surface area contributed by atoms with E-state index in [0.29, 0.717) is 0 Å². The highest BCUT2D eigenvalue weighted by Gasteiger charge is 2.15. The summed E-state index contributed by atoms with van der Waals surface area (Å²) in [6.07, 6.45) is 0. The van der Waals surface area contributed by atoms with Gasteiger partial charge in [-0.25, -0.2) is 0 Å². The molecule has 0 saturated carbocycles. The summed E-state index contributed by atoms with van der Waals surface area (Å²) >= 11 is 10.9. The standard InChI is InChI=1S/C15H13Br3/c1-9-3-5-12(10(2)7-9)15(18)13-6-4-11(16)8-14(13)17/h3-8,15H,1-2H3. The predicted octanol–water partition coefficient (Wildman–Crippen LogP) is 6.31. The largest absolute Gasteiger partial charge is 0.0786 e. The molecule has 0 radical (unpaired) electrons. The summed E-state index contributed by atoms with van der Waals surface area (Å²) in [6, 6.07) is 12.8. The molecule has 1 unspecified atom stereocenters. The topological polar surface area (TPSA) is 0 Å². The van der Waals surface area contributed by atoms with Gasteiger partial charge < -0.3 is 0 Å². The van der Waals surface area contributed by atoms with Gasteiger partial charge in [-0.3, -0.25) is 0 Å². The number of rotatable bonds is 2. The minimum Gasteiger partial charge on any atom is -0.0786 e. The number of hydrogen-bond acceptors (Lipinski definition) is 0. The number of hydrogen-bond donors (Lipinski definition) is 0. The maximum Gasteiger partial charge on any atom is 0.0658 e. The quantitative estimate of drug-likeness (QED) is 0.487. The first-order valence-corrected chi connectivity index (χ1v) is 8.15. The zero-order valence-corrected chi connectivity index (χ0v) is 14.9. The Morgan fingerprint density at radius 2 is 1.56 bits per heavy atom. The summed E-state index contributed by atoms with van der Waals surface area (Å²) in [7, 11) is 0. The molecular weight excluding hydrogens is 420 g/mol. The molecular formula is C15H13Br3. The molecule has 2 aromatic carbocycles. The fraction of sp³-hybridized carbons (Fsp3) is 0.200. The Hall–Kier alpha value is -0.120. The molecule has 0 aliphatic rings. The van der Waals surface area contributed by atoms with Crippen LogP contribution in [0.4, 0.5) is 0 Å². The molecule has 0 aliphatic heterocycles. The van der Waals surface area contributed by atoms with Crippen LogP contribution in [-0.4, -0.2) is 0 Å². The third kappa shape index (κ3) is 3.06. The highest BCUT2D eigenvalue weighted by atomic mass is 79.9. The van der Waals surface area contributed by atoms with Crippen molar-refractivity contribution >= 4 is 47.8 Å². The van der Waals surface area contributed by atoms with Crippen LogP contribution < -0.4 is 0 Å². The Balaban J connectivity index is 2.44. The lowest BCUT2D eigenvalue weighted by Gasteiger charge is -2.16. The van der Waals surface area contributed by atoms with Crippen molar-refractivity contribution in [1.29, 1.82) is 0 Å². The van der Waals surface area contributed by atoms with Gasteiger partial charge in [-0.2, -0.15) is 0 Å². The van der Waals surface area contributed by atoms with E-state index in [2.05, 4.69) is 98.0 Å². The third-order valence-corrected chi connectivity index (χ3v) is 5.10. The van der Waals surface area contributed by atoms with Crippen molar-refractivity contribution in [2.45, 2.75) is 18.7 Å². The zero-order chi connectivity index (χ0) is 13.3. The predicted molar refractivity (Wildman–Crippen MR) is 88.5 cm³/mol. The van der Waals surface area contributed by atoms with Gasteiger partial charge in [0.2, 0.25) is 0 Å². The number of benzene rings is 2. The molecule has 2 aromatic rings. The summed E-state index contributed by atoms with van der Waals surface area (Å²) in [4.78, 5) is 0.209. The first-order valence-electron chi connectivity index (χ1n) is 5.65. The van der Waals surface area contributed by atoms with Crippen molar-refractivity contribution < 1.29 is 0 Å². The van der Waals surface area contributed by atoms with Crippen LogP contribution in [0.25, 0.3) is 0 Å². The molecule has 0 amide bonds. The Morgan fingerprint density at radius 3 is 2.17 bits per heavy atom. The van der Waals surface area contributed by atoms with E-state index < -0.39 is 0 Å². The van der Waals surface area contributed by atoms with E-state index >= 15 is 0 Å². The molecule has 0 saturated heterocycles. The molecule has 0 bridgehead atoms. The van der Waals surface area contributed by atoms with Crippen LogP contribution in [0.5, 0.6) is 0 Å². The molecule has 0 spiro atoms. The fourth-order valence-electron chi connectivity index (χ4n) is 1.98. The molecule has 0 N–H and O–H groups in total. The molecule has 1 atom stereocenters. The monoisotopic (exact) mass is 430 g/mol. The van der Waals surface area contributed by atoms with Crippen LogP contribution in [0.1, 0.15) is 27.1 Å². The fourth-order valence-corrected chi connectivity index (χ4v) is 4.48. The summed E-state index contributed by atoms with van der Waals surface area (Å²) in [5.41, 5.74) is 5.16. The lowest BCUT2D eigenvalue weighted by atomic mass is 9.99. The van der Waals surface area contributed by atoms with E-state index in [4.69, 9.17) is 0 Å². The normalized spacial score (nSPS) is 12.5. The van der Waals surface area contributed by atoms with Crippen LogP contribution in [0.2, 0.25) is 0 Å². The van der Waals surface area contributed by atoms with E-state index in [9.17, 15) is 0 Å². The van der Waals surface area contributed by atoms with Crippen molar-refractivity contribution in [1.82, 2.24) is 0 Å². The molecule has 3 heteroatoms. The van der Waals surface area contributed by atoms with Gasteiger partial charge in [0.05, 0.1) is 4.83 Å². The van der Waals surface area contributed by atoms with E-state index in [1.54, 1.807) is 0 Å². The first-order chi connectivity index (χ1) is 8.49. The second kappa shape index (κ2) is 5.89. The van der Waals surface area contributed by atoms with Crippen molar-refractivity contribution in [2.75, 3.05) is 0 Å². The summed E-state index contributed by atoms with van der Waals surface area (Å²) < 4.78 is 2.19. The van der Waals surface area contributed by atoms with Crippen molar-refractivity contribution in [2.24, 2.45) is 0 Å². The lowest BCUT2D eigenvalue weighted by molar-refractivity contribution is 1.12. The third-order valence-electron chi connectivity index (χ3n) is 2.93. The van der Waals surface area contributed by atoms with Crippen molar-refractivity contribution in [3.05, 3.63) is 67.6 Å². The molecule has 0 aliphatic carbocycles. The smallest absolute Gasteiger partial charge is 0.0658 e. The molecule has 2 rings (SSSR count). The highest BCUT2D eigenvalue weighted by molar-refractivity contribution is 9.11. The minimum atomic E-state index is 0.209. The van der Waals surface area contributed by atoms with Gasteiger partial charge in [-0.1, -0.05) is 77.6 Å². The van der Waals surface area contributed by atoms with Gasteiger partial charge in [0.25, 0.3) is 0 Å². The zero-order valence-electron chi connectivity index (χ0n) is 10.2. The molecule has 0 fully saturated rings. The molecule has 18 heavy (non-hydrogen) atoms. The second-order valence-corrected chi connectivity index (χ2v) is 7.07.